The first-order chi connectivity index (χ1) is 4.30. The molecular formula is C8H7AlI2O. The van der Waals surface area contributed by atoms with Gasteiger partial charge in [-0.05, 0) is 5.56 Å². The summed E-state index contributed by atoms with van der Waals surface area (Å²) in [5.41, 5.74) is 0.664. The minimum absolute atomic E-state index is 0. The van der Waals surface area contributed by atoms with Crippen LogP contribution in [0.5, 0.6) is 0 Å². The summed E-state index contributed by atoms with van der Waals surface area (Å²) >= 11 is 0. The molecule has 1 aromatic carbocycles. The fraction of sp³-hybridized carbons (Fsp3) is 0. The zero-order chi connectivity index (χ0) is 6.69. The normalized spacial score (nSPS) is 6.67. The molecule has 1 aromatic rings. The second-order valence-corrected chi connectivity index (χ2v) is 1.79. The smallest absolute Gasteiger partial charge is 1.00 e. The van der Waals surface area contributed by atoms with Gasteiger partial charge in [-0.25, -0.2) is 0 Å². The third-order valence-corrected chi connectivity index (χ3v) is 1.10. The van der Waals surface area contributed by atoms with E-state index >= 15 is 0 Å². The predicted octanol–water partition coefficient (Wildman–Crippen LogP) is -5.36. The third-order valence-electron chi connectivity index (χ3n) is 1.10. The Hall–Kier alpha value is 0.752. The number of hydrogen-bond acceptors (Lipinski definition) is 1. The molecule has 0 fully saturated rings. The molecule has 0 amide bonds. The summed E-state index contributed by atoms with van der Waals surface area (Å²) in [4.78, 5) is 0. The number of rotatable bonds is 1. The molecule has 62 valence electrons. The van der Waals surface area contributed by atoms with Gasteiger partial charge < -0.3 is 53.1 Å². The minimum Gasteiger partial charge on any atom is -1.00 e. The quantitative estimate of drug-likeness (QED) is 0.263. The van der Waals surface area contributed by atoms with Crippen LogP contribution in [0.4, 0.5) is 0 Å². The minimum atomic E-state index is -0.129. The molecule has 0 N–H and O–H groups in total. The molecule has 12 heavy (non-hydrogen) atoms. The van der Waals surface area contributed by atoms with Gasteiger partial charge in [-0.1, -0.05) is 30.3 Å². The van der Waals surface area contributed by atoms with Crippen LogP contribution in [0.25, 0.3) is 5.76 Å². The first kappa shape index (κ1) is 18.5. The van der Waals surface area contributed by atoms with Crippen LogP contribution in [0.15, 0.2) is 36.9 Å². The number of hydrogen-bond donors (Lipinski definition) is 0. The first-order valence-electron chi connectivity index (χ1n) is 2.72. The van der Waals surface area contributed by atoms with Crippen molar-refractivity contribution in [1.29, 1.82) is 0 Å². The zero-order valence-electron chi connectivity index (χ0n) is 6.34. The van der Waals surface area contributed by atoms with Crippen molar-refractivity contribution in [2.45, 2.75) is 0 Å². The van der Waals surface area contributed by atoms with Gasteiger partial charge in [0, 0.05) is 0 Å². The van der Waals surface area contributed by atoms with Crippen LogP contribution in [0.3, 0.4) is 0 Å². The molecule has 0 heterocycles. The van der Waals surface area contributed by atoms with Gasteiger partial charge in [0.2, 0.25) is 0 Å². The summed E-state index contributed by atoms with van der Waals surface area (Å²) in [5, 5.41) is 10.5. The third kappa shape index (κ3) is 6.29. The van der Waals surface area contributed by atoms with Crippen LogP contribution in [0, 0.1) is 0 Å². The van der Waals surface area contributed by atoms with Gasteiger partial charge in [0.1, 0.15) is 0 Å². The van der Waals surface area contributed by atoms with Crippen molar-refractivity contribution in [3.05, 3.63) is 42.5 Å². The second-order valence-electron chi connectivity index (χ2n) is 1.79. The van der Waals surface area contributed by atoms with Gasteiger partial charge >= 0.3 is 17.4 Å². The summed E-state index contributed by atoms with van der Waals surface area (Å²) in [6.45, 7) is 3.27. The van der Waals surface area contributed by atoms with Gasteiger partial charge in [-0.3, -0.25) is 0 Å². The van der Waals surface area contributed by atoms with Crippen molar-refractivity contribution in [3.63, 3.8) is 0 Å². The fourth-order valence-electron chi connectivity index (χ4n) is 0.624. The molecule has 0 aliphatic rings. The summed E-state index contributed by atoms with van der Waals surface area (Å²) < 4.78 is 0. The predicted molar refractivity (Wildman–Crippen MR) is 41.2 cm³/mol. The summed E-state index contributed by atoms with van der Waals surface area (Å²) in [5.74, 6) is -0.129. The summed E-state index contributed by atoms with van der Waals surface area (Å²) in [6, 6.07) is 8.99. The maximum absolute atomic E-state index is 10.5. The monoisotopic (exact) mass is 400 g/mol. The molecule has 0 atom stereocenters. The molecule has 1 nitrogen and oxygen atoms in total. The number of halogens is 2. The fourth-order valence-corrected chi connectivity index (χ4v) is 0.624. The van der Waals surface area contributed by atoms with Crippen molar-refractivity contribution in [2.75, 3.05) is 0 Å². The van der Waals surface area contributed by atoms with Gasteiger partial charge in [0.15, 0.2) is 0 Å². The van der Waals surface area contributed by atoms with Crippen LogP contribution in [-0.2, 0) is 0 Å². The maximum atomic E-state index is 10.5. The Balaban J connectivity index is -0.000000270. The average Bonchev–Trinajstić information content (AvgIpc) is 1.90. The molecule has 4 heteroatoms. The van der Waals surface area contributed by atoms with Crippen molar-refractivity contribution in [2.24, 2.45) is 0 Å². The first-order valence-corrected chi connectivity index (χ1v) is 2.72. The van der Waals surface area contributed by atoms with E-state index in [9.17, 15) is 5.11 Å². The second kappa shape index (κ2) is 9.84. The summed E-state index contributed by atoms with van der Waals surface area (Å²) in [6.07, 6.45) is 0. The topological polar surface area (TPSA) is 23.1 Å². The van der Waals surface area contributed by atoms with E-state index in [2.05, 4.69) is 6.58 Å². The number of benzene rings is 1. The Bertz CT molecular complexity index is 214. The van der Waals surface area contributed by atoms with Crippen molar-refractivity contribution < 1.29 is 53.1 Å². The summed E-state index contributed by atoms with van der Waals surface area (Å²) in [7, 11) is 0. The van der Waals surface area contributed by atoms with Gasteiger partial charge in [-0.2, -0.15) is 0 Å². The van der Waals surface area contributed by atoms with Gasteiger partial charge in [0.05, 0.1) is 0 Å². The molecule has 0 saturated heterocycles. The average molecular weight is 400 g/mol. The van der Waals surface area contributed by atoms with E-state index in [1.807, 2.05) is 18.2 Å². The Kier molecular flexibility index (Phi) is 15.2. The Morgan fingerprint density at radius 1 is 1.08 bits per heavy atom. The molecule has 0 bridgehead atoms. The molecule has 1 rings (SSSR count). The van der Waals surface area contributed by atoms with Crippen LogP contribution in [0.1, 0.15) is 5.56 Å². The van der Waals surface area contributed by atoms with E-state index in [0.29, 0.717) is 5.56 Å². The van der Waals surface area contributed by atoms with E-state index in [0.717, 1.165) is 0 Å². The maximum Gasteiger partial charge on any atom is 3.00 e. The van der Waals surface area contributed by atoms with Crippen LogP contribution >= 0.6 is 0 Å². The Labute approximate surface area is 117 Å². The van der Waals surface area contributed by atoms with Crippen LogP contribution in [-0.4, -0.2) is 17.4 Å². The molecule has 0 aliphatic carbocycles. The molecule has 0 saturated carbocycles. The van der Waals surface area contributed by atoms with E-state index in [-0.39, 0.29) is 71.1 Å². The van der Waals surface area contributed by atoms with Crippen molar-refractivity contribution in [1.82, 2.24) is 0 Å². The molecule has 0 aromatic heterocycles. The Morgan fingerprint density at radius 2 is 1.50 bits per heavy atom. The van der Waals surface area contributed by atoms with E-state index < -0.39 is 0 Å². The molecule has 0 unspecified atom stereocenters. The van der Waals surface area contributed by atoms with Crippen LogP contribution in [0.2, 0.25) is 0 Å². The van der Waals surface area contributed by atoms with E-state index in [1.165, 1.54) is 0 Å². The van der Waals surface area contributed by atoms with E-state index in [4.69, 9.17) is 0 Å². The van der Waals surface area contributed by atoms with Gasteiger partial charge in [-0.15, -0.1) is 12.3 Å². The van der Waals surface area contributed by atoms with Gasteiger partial charge in [0.25, 0.3) is 0 Å². The van der Waals surface area contributed by atoms with Crippen molar-refractivity contribution >= 4 is 23.1 Å². The Morgan fingerprint density at radius 3 is 1.75 bits per heavy atom. The largest absolute Gasteiger partial charge is 3.00 e. The SMILES string of the molecule is C=C([O-])c1ccccc1.[Al+3].[I-].[I-]. The molecule has 0 aliphatic heterocycles. The van der Waals surface area contributed by atoms with E-state index in [1.54, 1.807) is 12.1 Å². The molecule has 0 radical (unpaired) electrons. The zero-order valence-corrected chi connectivity index (χ0v) is 11.8. The van der Waals surface area contributed by atoms with Crippen molar-refractivity contribution in [3.8, 4) is 0 Å². The molecular weight excluding hydrogens is 393 g/mol. The standard InChI is InChI=1S/C8H8O.Al.2HI/c1-7(9)8-5-3-2-4-6-8;;;/h2-6,9H,1H2;;2*1H/q;+3;;/p-3. The molecule has 0 spiro atoms. The van der Waals surface area contributed by atoms with Crippen LogP contribution < -0.4 is 53.1 Å².